The topological polar surface area (TPSA) is 119 Å². The van der Waals surface area contributed by atoms with Crippen LogP contribution in [0.5, 0.6) is 0 Å². The monoisotopic (exact) mass is 418 g/mol. The molecule has 10 heteroatoms. The number of hydrogen-bond donors (Lipinski definition) is 0. The molecular formula is C20H26N4O6. The number of carbonyl (C=O) groups excluding carboxylic acids is 3. The van der Waals surface area contributed by atoms with E-state index < -0.39 is 0 Å². The highest BCUT2D eigenvalue weighted by atomic mass is 16.5. The summed E-state index contributed by atoms with van der Waals surface area (Å²) in [6.07, 6.45) is 3.10. The third kappa shape index (κ3) is 5.46. The Morgan fingerprint density at radius 3 is 2.73 bits per heavy atom. The second kappa shape index (κ2) is 10.0. The maximum atomic E-state index is 12.5. The number of hydrogen-bond acceptors (Lipinski definition) is 8. The van der Waals surface area contributed by atoms with E-state index in [9.17, 15) is 14.4 Å². The second-order valence-corrected chi connectivity index (χ2v) is 7.15. The van der Waals surface area contributed by atoms with Gasteiger partial charge in [0.25, 0.3) is 0 Å². The molecule has 0 aromatic carbocycles. The highest BCUT2D eigenvalue weighted by Crippen LogP contribution is 2.19. The van der Waals surface area contributed by atoms with Gasteiger partial charge in [0, 0.05) is 33.0 Å². The molecule has 0 saturated carbocycles. The van der Waals surface area contributed by atoms with E-state index >= 15 is 0 Å². The molecule has 3 rings (SSSR count). The predicted molar refractivity (Wildman–Crippen MR) is 104 cm³/mol. The van der Waals surface area contributed by atoms with Crippen LogP contribution in [0, 0.1) is 5.92 Å². The summed E-state index contributed by atoms with van der Waals surface area (Å²) in [7, 11) is 1.59. The number of esters is 1. The zero-order valence-corrected chi connectivity index (χ0v) is 17.2. The molecule has 1 saturated heterocycles. The summed E-state index contributed by atoms with van der Waals surface area (Å²) in [5.41, 5.74) is 0. The van der Waals surface area contributed by atoms with Crippen molar-refractivity contribution < 1.29 is 28.1 Å². The van der Waals surface area contributed by atoms with Gasteiger partial charge in [0.1, 0.15) is 0 Å². The molecular weight excluding hydrogens is 392 g/mol. The zero-order chi connectivity index (χ0) is 21.5. The minimum atomic E-state index is -0.201. The van der Waals surface area contributed by atoms with Crippen LogP contribution < -0.4 is 0 Å². The Kier molecular flexibility index (Phi) is 7.21. The maximum absolute atomic E-state index is 12.5. The first-order chi connectivity index (χ1) is 14.5. The van der Waals surface area contributed by atoms with Crippen LogP contribution in [-0.2, 0) is 25.5 Å². The standard InChI is InChI=1S/C20H26N4O6/c1-3-28-20(27)14-8-10-24(11-9-14)18(26)13-23(2)17(25)7-6-16-21-19(22-30-16)15-5-4-12-29-15/h4-5,12,14H,3,6-11,13H2,1-2H3. The fraction of sp³-hybridized carbons (Fsp3) is 0.550. The van der Waals surface area contributed by atoms with Gasteiger partial charge < -0.3 is 23.5 Å². The molecule has 162 valence electrons. The summed E-state index contributed by atoms with van der Waals surface area (Å²) < 4.78 is 15.4. The van der Waals surface area contributed by atoms with Gasteiger partial charge in [-0.25, -0.2) is 0 Å². The first-order valence-corrected chi connectivity index (χ1v) is 10.0. The van der Waals surface area contributed by atoms with Gasteiger partial charge in [0.2, 0.25) is 23.5 Å². The molecule has 1 aliphatic heterocycles. The molecule has 0 atom stereocenters. The van der Waals surface area contributed by atoms with E-state index in [1.54, 1.807) is 31.0 Å². The summed E-state index contributed by atoms with van der Waals surface area (Å²) in [6.45, 7) is 3.10. The number of furan rings is 1. The molecule has 0 aliphatic carbocycles. The molecule has 10 nitrogen and oxygen atoms in total. The van der Waals surface area contributed by atoms with E-state index in [1.807, 2.05) is 0 Å². The van der Waals surface area contributed by atoms with Gasteiger partial charge in [-0.15, -0.1) is 0 Å². The Morgan fingerprint density at radius 1 is 1.30 bits per heavy atom. The first-order valence-electron chi connectivity index (χ1n) is 10.0. The molecule has 1 fully saturated rings. The van der Waals surface area contributed by atoms with E-state index in [4.69, 9.17) is 13.7 Å². The summed E-state index contributed by atoms with van der Waals surface area (Å²) in [4.78, 5) is 43.9. The van der Waals surface area contributed by atoms with Crippen LogP contribution in [0.4, 0.5) is 0 Å². The number of nitrogens with zero attached hydrogens (tertiary/aromatic N) is 4. The van der Waals surface area contributed by atoms with Gasteiger partial charge in [-0.3, -0.25) is 14.4 Å². The summed E-state index contributed by atoms with van der Waals surface area (Å²) in [5.74, 6) is 0.467. The van der Waals surface area contributed by atoms with E-state index in [0.717, 1.165) is 0 Å². The van der Waals surface area contributed by atoms with Gasteiger partial charge in [0.05, 0.1) is 25.3 Å². The SMILES string of the molecule is CCOC(=O)C1CCN(C(=O)CN(C)C(=O)CCc2nc(-c3ccco3)no2)CC1. The van der Waals surface area contributed by atoms with E-state index in [0.29, 0.717) is 50.0 Å². The first kappa shape index (κ1) is 21.5. The van der Waals surface area contributed by atoms with Crippen LogP contribution in [0.2, 0.25) is 0 Å². The van der Waals surface area contributed by atoms with Crippen LogP contribution in [0.25, 0.3) is 11.6 Å². The average Bonchev–Trinajstić information content (AvgIpc) is 3.44. The average molecular weight is 418 g/mol. The number of rotatable bonds is 8. The van der Waals surface area contributed by atoms with Crippen molar-refractivity contribution in [2.75, 3.05) is 33.3 Å². The number of aromatic nitrogens is 2. The number of likely N-dealkylation sites (N-methyl/N-ethyl adjacent to an activating group) is 1. The molecule has 2 aromatic rings. The lowest BCUT2D eigenvalue weighted by molar-refractivity contribution is -0.151. The van der Waals surface area contributed by atoms with Gasteiger partial charge >= 0.3 is 5.97 Å². The normalized spacial score (nSPS) is 14.5. The molecule has 30 heavy (non-hydrogen) atoms. The highest BCUT2D eigenvalue weighted by molar-refractivity contribution is 5.85. The molecule has 0 unspecified atom stereocenters. The van der Waals surface area contributed by atoms with Gasteiger partial charge in [-0.1, -0.05) is 5.16 Å². The third-order valence-electron chi connectivity index (χ3n) is 5.03. The molecule has 1 aliphatic rings. The number of amides is 2. The third-order valence-corrected chi connectivity index (χ3v) is 5.03. The van der Waals surface area contributed by atoms with Crippen molar-refractivity contribution in [3.8, 4) is 11.6 Å². The van der Waals surface area contributed by atoms with E-state index in [1.165, 1.54) is 11.2 Å². The minimum absolute atomic E-state index is 0.00954. The van der Waals surface area contributed by atoms with Crippen molar-refractivity contribution in [1.82, 2.24) is 19.9 Å². The number of piperidine rings is 1. The largest absolute Gasteiger partial charge is 0.466 e. The Balaban J connectivity index is 1.41. The summed E-state index contributed by atoms with van der Waals surface area (Å²) in [6, 6.07) is 3.44. The van der Waals surface area contributed by atoms with Crippen LogP contribution in [0.3, 0.4) is 0 Å². The Morgan fingerprint density at radius 2 is 2.07 bits per heavy atom. The summed E-state index contributed by atoms with van der Waals surface area (Å²) >= 11 is 0. The fourth-order valence-electron chi connectivity index (χ4n) is 3.28. The number of aryl methyl sites for hydroxylation is 1. The van der Waals surface area contributed by atoms with Crippen LogP contribution in [0.15, 0.2) is 27.3 Å². The van der Waals surface area contributed by atoms with Gasteiger partial charge in [-0.05, 0) is 31.9 Å². The number of carbonyl (C=O) groups is 3. The van der Waals surface area contributed by atoms with Crippen molar-refractivity contribution in [3.63, 3.8) is 0 Å². The minimum Gasteiger partial charge on any atom is -0.466 e. The fourth-order valence-corrected chi connectivity index (χ4v) is 3.28. The molecule has 2 aromatic heterocycles. The van der Waals surface area contributed by atoms with Crippen molar-refractivity contribution in [1.29, 1.82) is 0 Å². The summed E-state index contributed by atoms with van der Waals surface area (Å²) in [5, 5.41) is 3.82. The van der Waals surface area contributed by atoms with Crippen LogP contribution >= 0.6 is 0 Å². The Labute approximate surface area is 174 Å². The van der Waals surface area contributed by atoms with Crippen LogP contribution in [0.1, 0.15) is 32.1 Å². The number of ether oxygens (including phenoxy) is 1. The lowest BCUT2D eigenvalue weighted by Gasteiger charge is -2.32. The maximum Gasteiger partial charge on any atom is 0.309 e. The van der Waals surface area contributed by atoms with Crippen molar-refractivity contribution in [3.05, 3.63) is 24.3 Å². The zero-order valence-electron chi connectivity index (χ0n) is 17.2. The number of likely N-dealkylation sites (tertiary alicyclic amines) is 1. The molecule has 0 radical (unpaired) electrons. The lowest BCUT2D eigenvalue weighted by Crippen LogP contribution is -2.45. The molecule has 0 bridgehead atoms. The van der Waals surface area contributed by atoms with Crippen molar-refractivity contribution >= 4 is 17.8 Å². The van der Waals surface area contributed by atoms with Gasteiger partial charge in [-0.2, -0.15) is 4.98 Å². The molecule has 0 N–H and O–H groups in total. The van der Waals surface area contributed by atoms with Crippen molar-refractivity contribution in [2.45, 2.75) is 32.6 Å². The molecule has 3 heterocycles. The Bertz CT molecular complexity index is 855. The van der Waals surface area contributed by atoms with Crippen molar-refractivity contribution in [2.24, 2.45) is 5.92 Å². The van der Waals surface area contributed by atoms with E-state index in [2.05, 4.69) is 10.1 Å². The molecule has 0 spiro atoms. The second-order valence-electron chi connectivity index (χ2n) is 7.15. The highest BCUT2D eigenvalue weighted by Gasteiger charge is 2.29. The predicted octanol–water partition coefficient (Wildman–Crippen LogP) is 1.52. The lowest BCUT2D eigenvalue weighted by atomic mass is 9.97. The Hall–Kier alpha value is -3.17. The smallest absolute Gasteiger partial charge is 0.309 e. The quantitative estimate of drug-likeness (QED) is 0.592. The van der Waals surface area contributed by atoms with Crippen LogP contribution in [-0.4, -0.2) is 71.0 Å². The van der Waals surface area contributed by atoms with Gasteiger partial charge in [0.15, 0.2) is 5.76 Å². The molecule has 2 amide bonds. The van der Waals surface area contributed by atoms with E-state index in [-0.39, 0.29) is 43.1 Å².